The number of ether oxygens (including phenoxy) is 1. The average Bonchev–Trinajstić information content (AvgIpc) is 3.10. The lowest BCUT2D eigenvalue weighted by Gasteiger charge is -2.24. The fourth-order valence-electron chi connectivity index (χ4n) is 2.76. The van der Waals surface area contributed by atoms with E-state index in [1.807, 2.05) is 36.4 Å². The van der Waals surface area contributed by atoms with E-state index in [-0.39, 0.29) is 6.04 Å². The fraction of sp³-hybridized carbons (Fsp3) is 0.118. The minimum absolute atomic E-state index is 0.242. The van der Waals surface area contributed by atoms with Gasteiger partial charge in [0.2, 0.25) is 5.95 Å². The van der Waals surface area contributed by atoms with Gasteiger partial charge in [-0.15, -0.1) is 0 Å². The maximum absolute atomic E-state index is 6.40. The second-order valence-electron chi connectivity index (χ2n) is 5.49. The van der Waals surface area contributed by atoms with E-state index >= 15 is 0 Å². The molecule has 4 rings (SSSR count). The van der Waals surface area contributed by atoms with Gasteiger partial charge < -0.3 is 10.1 Å². The zero-order valence-corrected chi connectivity index (χ0v) is 14.7. The molecule has 0 fully saturated rings. The van der Waals surface area contributed by atoms with E-state index in [9.17, 15) is 0 Å². The number of allylic oxidation sites excluding steroid dienone is 1. The van der Waals surface area contributed by atoms with Crippen LogP contribution in [0.2, 0.25) is 10.0 Å². The first-order valence-electron chi connectivity index (χ1n) is 7.52. The summed E-state index contributed by atoms with van der Waals surface area (Å²) in [4.78, 5) is 0. The van der Waals surface area contributed by atoms with E-state index in [1.54, 1.807) is 23.9 Å². The van der Waals surface area contributed by atoms with Gasteiger partial charge in [0.1, 0.15) is 11.8 Å². The molecule has 126 valence electrons. The van der Waals surface area contributed by atoms with Crippen molar-refractivity contribution >= 4 is 34.8 Å². The standard InChI is InChI=1S/C17H13Cl2N5O/c1-25-12-5-2-10(3-6-12)15-9-16(24-17(20-15)21-22-23-24)13-7-4-11(18)8-14(13)19/h2-9,16H,1H3,(H,20,21,23). The minimum atomic E-state index is -0.242. The first kappa shape index (κ1) is 15.9. The molecule has 0 amide bonds. The molecule has 25 heavy (non-hydrogen) atoms. The van der Waals surface area contributed by atoms with Crippen molar-refractivity contribution in [2.24, 2.45) is 0 Å². The van der Waals surface area contributed by atoms with E-state index in [1.165, 1.54) is 0 Å². The van der Waals surface area contributed by atoms with Crippen molar-refractivity contribution in [1.29, 1.82) is 0 Å². The van der Waals surface area contributed by atoms with Gasteiger partial charge in [0.15, 0.2) is 0 Å². The van der Waals surface area contributed by atoms with Gasteiger partial charge in [0.05, 0.1) is 7.11 Å². The highest BCUT2D eigenvalue weighted by molar-refractivity contribution is 6.35. The van der Waals surface area contributed by atoms with Crippen LogP contribution in [0, 0.1) is 0 Å². The van der Waals surface area contributed by atoms with Crippen LogP contribution < -0.4 is 10.1 Å². The zero-order valence-electron chi connectivity index (χ0n) is 13.1. The Hall–Kier alpha value is -2.57. The van der Waals surface area contributed by atoms with E-state index in [2.05, 4.69) is 20.8 Å². The molecule has 2 heterocycles. The summed E-state index contributed by atoms with van der Waals surface area (Å²) >= 11 is 12.4. The molecule has 3 aromatic rings. The van der Waals surface area contributed by atoms with Crippen molar-refractivity contribution in [2.75, 3.05) is 12.4 Å². The van der Waals surface area contributed by atoms with Crippen molar-refractivity contribution in [3.63, 3.8) is 0 Å². The molecule has 1 aromatic heterocycles. The lowest BCUT2D eigenvalue weighted by Crippen LogP contribution is -2.20. The van der Waals surface area contributed by atoms with E-state index < -0.39 is 0 Å². The number of tetrazole rings is 1. The summed E-state index contributed by atoms with van der Waals surface area (Å²) in [5.74, 6) is 1.34. The summed E-state index contributed by atoms with van der Waals surface area (Å²) in [6.45, 7) is 0. The molecular formula is C17H13Cl2N5O. The third-order valence-electron chi connectivity index (χ3n) is 4.01. The molecule has 1 N–H and O–H groups in total. The summed E-state index contributed by atoms with van der Waals surface area (Å²) in [6, 6.07) is 12.9. The van der Waals surface area contributed by atoms with Gasteiger partial charge in [-0.1, -0.05) is 34.4 Å². The fourth-order valence-corrected chi connectivity index (χ4v) is 3.28. The third kappa shape index (κ3) is 2.94. The molecule has 0 radical (unpaired) electrons. The third-order valence-corrected chi connectivity index (χ3v) is 4.57. The zero-order chi connectivity index (χ0) is 17.4. The minimum Gasteiger partial charge on any atom is -0.497 e. The Balaban J connectivity index is 1.80. The van der Waals surface area contributed by atoms with Gasteiger partial charge in [0.25, 0.3) is 0 Å². The first-order valence-corrected chi connectivity index (χ1v) is 8.27. The van der Waals surface area contributed by atoms with Crippen LogP contribution in [0.4, 0.5) is 5.95 Å². The summed E-state index contributed by atoms with van der Waals surface area (Å²) < 4.78 is 6.89. The number of benzene rings is 2. The predicted octanol–water partition coefficient (Wildman–Crippen LogP) is 4.04. The lowest BCUT2D eigenvalue weighted by atomic mass is 10.0. The highest BCUT2D eigenvalue weighted by Gasteiger charge is 2.25. The Morgan fingerprint density at radius 3 is 2.64 bits per heavy atom. The van der Waals surface area contributed by atoms with Gasteiger partial charge in [-0.2, -0.15) is 4.68 Å². The smallest absolute Gasteiger partial charge is 0.248 e. The van der Waals surface area contributed by atoms with Crippen LogP contribution in [-0.4, -0.2) is 27.3 Å². The number of methoxy groups -OCH3 is 1. The topological polar surface area (TPSA) is 64.9 Å². The molecule has 0 saturated carbocycles. The number of hydrogen-bond acceptors (Lipinski definition) is 5. The van der Waals surface area contributed by atoms with Crippen LogP contribution in [-0.2, 0) is 0 Å². The van der Waals surface area contributed by atoms with Crippen molar-refractivity contribution in [2.45, 2.75) is 6.04 Å². The number of anilines is 1. The Morgan fingerprint density at radius 1 is 1.12 bits per heavy atom. The molecular weight excluding hydrogens is 361 g/mol. The van der Waals surface area contributed by atoms with Crippen LogP contribution in [0.25, 0.3) is 5.70 Å². The maximum Gasteiger partial charge on any atom is 0.248 e. The molecule has 0 saturated heterocycles. The van der Waals surface area contributed by atoms with Crippen molar-refractivity contribution < 1.29 is 4.74 Å². The predicted molar refractivity (Wildman–Crippen MR) is 97.0 cm³/mol. The first-order chi connectivity index (χ1) is 12.2. The maximum atomic E-state index is 6.40. The van der Waals surface area contributed by atoms with Crippen LogP contribution in [0.1, 0.15) is 17.2 Å². The van der Waals surface area contributed by atoms with E-state index in [4.69, 9.17) is 27.9 Å². The van der Waals surface area contributed by atoms with Gasteiger partial charge in [-0.05, 0) is 64.0 Å². The van der Waals surface area contributed by atoms with Gasteiger partial charge in [-0.25, -0.2) is 0 Å². The molecule has 2 aromatic carbocycles. The largest absolute Gasteiger partial charge is 0.497 e. The monoisotopic (exact) mass is 373 g/mol. The van der Waals surface area contributed by atoms with Crippen LogP contribution in [0.5, 0.6) is 5.75 Å². The number of rotatable bonds is 3. The summed E-state index contributed by atoms with van der Waals surface area (Å²) in [5, 5.41) is 16.3. The highest BCUT2D eigenvalue weighted by atomic mass is 35.5. The average molecular weight is 374 g/mol. The SMILES string of the molecule is COc1ccc(C2=CC(c3ccc(Cl)cc3Cl)n3nnnc3N2)cc1. The van der Waals surface area contributed by atoms with Gasteiger partial charge >= 0.3 is 0 Å². The summed E-state index contributed by atoms with van der Waals surface area (Å²) in [7, 11) is 1.64. The van der Waals surface area contributed by atoms with E-state index in [0.29, 0.717) is 16.0 Å². The quantitative estimate of drug-likeness (QED) is 0.750. The molecule has 8 heteroatoms. The van der Waals surface area contributed by atoms with Crippen LogP contribution in [0.3, 0.4) is 0 Å². The molecule has 0 aliphatic carbocycles. The van der Waals surface area contributed by atoms with Crippen molar-refractivity contribution in [1.82, 2.24) is 20.2 Å². The van der Waals surface area contributed by atoms with Gasteiger partial charge in [0, 0.05) is 15.7 Å². The lowest BCUT2D eigenvalue weighted by molar-refractivity contribution is 0.415. The molecule has 1 aliphatic rings. The second-order valence-corrected chi connectivity index (χ2v) is 6.34. The Bertz CT molecular complexity index is 952. The molecule has 0 bridgehead atoms. The van der Waals surface area contributed by atoms with Gasteiger partial charge in [-0.3, -0.25) is 0 Å². The number of hydrogen-bond donors (Lipinski definition) is 1. The Morgan fingerprint density at radius 2 is 1.92 bits per heavy atom. The van der Waals surface area contributed by atoms with Crippen molar-refractivity contribution in [3.8, 4) is 5.75 Å². The van der Waals surface area contributed by atoms with Crippen LogP contribution >= 0.6 is 23.2 Å². The summed E-state index contributed by atoms with van der Waals surface area (Å²) in [5.41, 5.74) is 2.75. The second kappa shape index (κ2) is 6.38. The molecule has 0 spiro atoms. The summed E-state index contributed by atoms with van der Waals surface area (Å²) in [6.07, 6.45) is 2.03. The molecule has 1 aliphatic heterocycles. The Kier molecular flexibility index (Phi) is 4.07. The highest BCUT2D eigenvalue weighted by Crippen LogP contribution is 2.35. The number of fused-ring (bicyclic) bond motifs is 1. The number of nitrogens with one attached hydrogen (secondary N) is 1. The molecule has 1 unspecified atom stereocenters. The van der Waals surface area contributed by atoms with E-state index in [0.717, 1.165) is 22.6 Å². The molecule has 1 atom stereocenters. The Labute approximate surface area is 154 Å². The molecule has 6 nitrogen and oxygen atoms in total. The van der Waals surface area contributed by atoms with Crippen LogP contribution in [0.15, 0.2) is 48.5 Å². The van der Waals surface area contributed by atoms with Crippen molar-refractivity contribution in [3.05, 3.63) is 69.7 Å². The normalized spacial score (nSPS) is 16.0. The number of nitrogens with zero attached hydrogens (tertiary/aromatic N) is 4. The number of halogens is 2. The number of aromatic nitrogens is 4.